The molecule has 0 saturated carbocycles. The number of rotatable bonds is 6. The van der Waals surface area contributed by atoms with Gasteiger partial charge in [0.2, 0.25) is 0 Å². The van der Waals surface area contributed by atoms with E-state index < -0.39 is 0 Å². The van der Waals surface area contributed by atoms with E-state index in [9.17, 15) is 4.79 Å². The molecule has 4 heteroatoms. The van der Waals surface area contributed by atoms with Crippen molar-refractivity contribution < 1.29 is 9.53 Å². The van der Waals surface area contributed by atoms with E-state index in [0.717, 1.165) is 22.2 Å². The molecule has 0 amide bonds. The summed E-state index contributed by atoms with van der Waals surface area (Å²) in [7, 11) is 3.55. The highest BCUT2D eigenvalue weighted by Gasteiger charge is 2.12. The summed E-state index contributed by atoms with van der Waals surface area (Å²) in [6, 6.07) is 6.17. The summed E-state index contributed by atoms with van der Waals surface area (Å²) in [6.07, 6.45) is 1.40. The van der Waals surface area contributed by atoms with Gasteiger partial charge in [-0.1, -0.05) is 6.07 Å². The number of carbonyl (C=O) groups is 1. The molecule has 0 aliphatic rings. The van der Waals surface area contributed by atoms with Crippen molar-refractivity contribution in [2.24, 2.45) is 0 Å². The number of nitrogens with one attached hydrogen (secondary N) is 1. The van der Waals surface area contributed by atoms with Crippen molar-refractivity contribution in [3.63, 3.8) is 0 Å². The highest BCUT2D eigenvalue weighted by molar-refractivity contribution is 9.10. The number of benzene rings is 1. The molecule has 1 N–H and O–H groups in total. The van der Waals surface area contributed by atoms with Gasteiger partial charge in [0.1, 0.15) is 11.5 Å². The Labute approximate surface area is 111 Å². The van der Waals surface area contributed by atoms with Gasteiger partial charge in [-0.25, -0.2) is 0 Å². The van der Waals surface area contributed by atoms with Gasteiger partial charge in [-0.3, -0.25) is 0 Å². The van der Waals surface area contributed by atoms with Gasteiger partial charge in [0, 0.05) is 12.5 Å². The van der Waals surface area contributed by atoms with Crippen LogP contribution in [0.4, 0.5) is 0 Å². The second-order valence-electron chi connectivity index (χ2n) is 3.98. The molecule has 0 aromatic heterocycles. The van der Waals surface area contributed by atoms with E-state index in [1.165, 1.54) is 0 Å². The standard InChI is InChI=1S/C13H18BrNO2/c1-9(16)4-6-12(15-2)10-5-7-13(17-3)11(14)8-10/h5,7-8,12,15H,4,6H2,1-3H3. The van der Waals surface area contributed by atoms with Crippen LogP contribution in [0.5, 0.6) is 5.75 Å². The highest BCUT2D eigenvalue weighted by Crippen LogP contribution is 2.29. The van der Waals surface area contributed by atoms with Crippen molar-refractivity contribution >= 4 is 21.7 Å². The van der Waals surface area contributed by atoms with Gasteiger partial charge in [-0.15, -0.1) is 0 Å². The molecule has 0 saturated heterocycles. The average Bonchev–Trinajstić information content (AvgIpc) is 2.29. The minimum atomic E-state index is 0.195. The molecule has 94 valence electrons. The predicted octanol–water partition coefficient (Wildman–Crippen LogP) is 3.09. The van der Waals surface area contributed by atoms with Gasteiger partial charge in [0.15, 0.2) is 0 Å². The molecule has 0 spiro atoms. The van der Waals surface area contributed by atoms with E-state index >= 15 is 0 Å². The second-order valence-corrected chi connectivity index (χ2v) is 4.83. The van der Waals surface area contributed by atoms with Crippen LogP contribution in [0.2, 0.25) is 0 Å². The molecular formula is C13H18BrNO2. The largest absolute Gasteiger partial charge is 0.496 e. The minimum Gasteiger partial charge on any atom is -0.496 e. The fourth-order valence-electron chi connectivity index (χ4n) is 1.72. The van der Waals surface area contributed by atoms with Crippen LogP contribution >= 0.6 is 15.9 Å². The third-order valence-electron chi connectivity index (χ3n) is 2.71. The lowest BCUT2D eigenvalue weighted by molar-refractivity contribution is -0.117. The quantitative estimate of drug-likeness (QED) is 0.877. The summed E-state index contributed by atoms with van der Waals surface area (Å²) in [4.78, 5) is 11.0. The first-order valence-electron chi connectivity index (χ1n) is 5.58. The Hall–Kier alpha value is -0.870. The molecule has 1 atom stereocenters. The molecule has 1 rings (SSSR count). The number of hydrogen-bond donors (Lipinski definition) is 1. The number of hydrogen-bond acceptors (Lipinski definition) is 3. The monoisotopic (exact) mass is 299 g/mol. The second kappa shape index (κ2) is 6.77. The number of carbonyl (C=O) groups excluding carboxylic acids is 1. The highest BCUT2D eigenvalue weighted by atomic mass is 79.9. The van der Waals surface area contributed by atoms with E-state index in [0.29, 0.717) is 6.42 Å². The van der Waals surface area contributed by atoms with Crippen molar-refractivity contribution in [2.75, 3.05) is 14.2 Å². The maximum absolute atomic E-state index is 11.0. The third kappa shape index (κ3) is 4.13. The van der Waals surface area contributed by atoms with E-state index in [2.05, 4.69) is 21.2 Å². The summed E-state index contributed by atoms with van der Waals surface area (Å²) >= 11 is 3.47. The molecule has 1 aromatic rings. The molecule has 0 radical (unpaired) electrons. The van der Waals surface area contributed by atoms with Crippen molar-refractivity contribution in [2.45, 2.75) is 25.8 Å². The van der Waals surface area contributed by atoms with Crippen LogP contribution in [-0.2, 0) is 4.79 Å². The summed E-state index contributed by atoms with van der Waals surface area (Å²) in [5.41, 5.74) is 1.15. The number of ketones is 1. The van der Waals surface area contributed by atoms with Gasteiger partial charge in [-0.2, -0.15) is 0 Å². The molecule has 3 nitrogen and oxygen atoms in total. The lowest BCUT2D eigenvalue weighted by Gasteiger charge is -2.17. The first-order valence-corrected chi connectivity index (χ1v) is 6.38. The molecule has 1 aromatic carbocycles. The Balaban J connectivity index is 2.81. The topological polar surface area (TPSA) is 38.3 Å². The smallest absolute Gasteiger partial charge is 0.133 e. The van der Waals surface area contributed by atoms with Gasteiger partial charge < -0.3 is 14.8 Å². The Morgan fingerprint density at radius 2 is 2.24 bits per heavy atom. The molecule has 0 aliphatic carbocycles. The van der Waals surface area contributed by atoms with Crippen molar-refractivity contribution in [3.05, 3.63) is 28.2 Å². The first kappa shape index (κ1) is 14.2. The molecule has 0 aliphatic heterocycles. The Morgan fingerprint density at radius 3 is 2.71 bits per heavy atom. The summed E-state index contributed by atoms with van der Waals surface area (Å²) in [5, 5.41) is 3.22. The molecule has 0 bridgehead atoms. The van der Waals surface area contributed by atoms with E-state index in [1.807, 2.05) is 25.2 Å². The van der Waals surface area contributed by atoms with Crippen molar-refractivity contribution in [3.8, 4) is 5.75 Å². The molecular weight excluding hydrogens is 282 g/mol. The third-order valence-corrected chi connectivity index (χ3v) is 3.33. The number of Topliss-reactive ketones (excluding diaryl/α,β-unsaturated/α-hetero) is 1. The zero-order chi connectivity index (χ0) is 12.8. The van der Waals surface area contributed by atoms with Crippen molar-refractivity contribution in [1.82, 2.24) is 5.32 Å². The average molecular weight is 300 g/mol. The van der Waals surface area contributed by atoms with Crippen LogP contribution in [0.3, 0.4) is 0 Å². The predicted molar refractivity (Wildman–Crippen MR) is 72.4 cm³/mol. The Kier molecular flexibility index (Phi) is 5.65. The minimum absolute atomic E-state index is 0.195. The van der Waals surface area contributed by atoms with Gasteiger partial charge in [0.05, 0.1) is 11.6 Å². The number of methoxy groups -OCH3 is 1. The molecule has 0 fully saturated rings. The van der Waals surface area contributed by atoms with Crippen LogP contribution in [0.25, 0.3) is 0 Å². The number of ether oxygens (including phenoxy) is 1. The summed E-state index contributed by atoms with van der Waals surface area (Å²) < 4.78 is 6.12. The number of halogens is 1. The summed E-state index contributed by atoms with van der Waals surface area (Å²) in [5.74, 6) is 1.04. The zero-order valence-electron chi connectivity index (χ0n) is 10.4. The van der Waals surface area contributed by atoms with Gasteiger partial charge in [-0.05, 0) is 54.0 Å². The first-order chi connectivity index (χ1) is 8.08. The van der Waals surface area contributed by atoms with Crippen LogP contribution in [0.15, 0.2) is 22.7 Å². The maximum Gasteiger partial charge on any atom is 0.133 e. The SMILES string of the molecule is CNC(CCC(C)=O)c1ccc(OC)c(Br)c1. The van der Waals surface area contributed by atoms with E-state index in [4.69, 9.17) is 4.74 Å². The molecule has 17 heavy (non-hydrogen) atoms. The van der Waals surface area contributed by atoms with Crippen LogP contribution in [0.1, 0.15) is 31.4 Å². The van der Waals surface area contributed by atoms with Crippen LogP contribution in [0, 0.1) is 0 Å². The fraction of sp³-hybridized carbons (Fsp3) is 0.462. The zero-order valence-corrected chi connectivity index (χ0v) is 12.0. The fourth-order valence-corrected chi connectivity index (χ4v) is 2.28. The van der Waals surface area contributed by atoms with E-state index in [1.54, 1.807) is 14.0 Å². The van der Waals surface area contributed by atoms with Crippen LogP contribution < -0.4 is 10.1 Å². The van der Waals surface area contributed by atoms with Crippen LogP contribution in [-0.4, -0.2) is 19.9 Å². The Bertz CT molecular complexity index is 393. The van der Waals surface area contributed by atoms with E-state index in [-0.39, 0.29) is 11.8 Å². The maximum atomic E-state index is 11.0. The van der Waals surface area contributed by atoms with Gasteiger partial charge in [0.25, 0.3) is 0 Å². The lowest BCUT2D eigenvalue weighted by atomic mass is 10.0. The normalized spacial score (nSPS) is 12.2. The molecule has 0 heterocycles. The summed E-state index contributed by atoms with van der Waals surface area (Å²) in [6.45, 7) is 1.62. The van der Waals surface area contributed by atoms with Crippen molar-refractivity contribution in [1.29, 1.82) is 0 Å². The Morgan fingerprint density at radius 1 is 1.53 bits per heavy atom. The lowest BCUT2D eigenvalue weighted by Crippen LogP contribution is -2.17. The van der Waals surface area contributed by atoms with Gasteiger partial charge >= 0.3 is 0 Å². The molecule has 1 unspecified atom stereocenters.